The van der Waals surface area contributed by atoms with Gasteiger partial charge in [-0.1, -0.05) is 43.2 Å². The molecular formula is C22H24N2O. The van der Waals surface area contributed by atoms with Gasteiger partial charge in [0.05, 0.1) is 11.3 Å². The van der Waals surface area contributed by atoms with Crippen molar-refractivity contribution in [1.29, 1.82) is 5.26 Å². The smallest absolute Gasteiger partial charge is 0.102 e. The third-order valence-electron chi connectivity index (χ3n) is 5.41. The fourth-order valence-electron chi connectivity index (χ4n) is 4.18. The Hall–Kier alpha value is -2.18. The quantitative estimate of drug-likeness (QED) is 0.766. The van der Waals surface area contributed by atoms with Gasteiger partial charge >= 0.3 is 0 Å². The van der Waals surface area contributed by atoms with Crippen LogP contribution in [0, 0.1) is 11.3 Å². The summed E-state index contributed by atoms with van der Waals surface area (Å²) in [5, 5.41) is 10.0. The van der Waals surface area contributed by atoms with Gasteiger partial charge in [0.1, 0.15) is 12.2 Å². The molecule has 1 aliphatic heterocycles. The number of aryl methyl sites for hydroxylation is 1. The predicted molar refractivity (Wildman–Crippen MR) is 98.2 cm³/mol. The first-order valence-electron chi connectivity index (χ1n) is 9.51. The van der Waals surface area contributed by atoms with Crippen LogP contribution in [0.3, 0.4) is 0 Å². The van der Waals surface area contributed by atoms with Crippen molar-refractivity contribution in [2.75, 3.05) is 6.61 Å². The number of hydrogen-bond acceptors (Lipinski definition) is 3. The van der Waals surface area contributed by atoms with Crippen molar-refractivity contribution in [3.8, 4) is 17.2 Å². The molecule has 4 rings (SSSR count). The monoisotopic (exact) mass is 332 g/mol. The minimum absolute atomic E-state index is 0.0205. The lowest BCUT2D eigenvalue weighted by molar-refractivity contribution is 0.108. The van der Waals surface area contributed by atoms with Crippen LogP contribution in [0.4, 0.5) is 0 Å². The van der Waals surface area contributed by atoms with E-state index in [0.717, 1.165) is 54.7 Å². The van der Waals surface area contributed by atoms with Gasteiger partial charge < -0.3 is 4.74 Å². The molecule has 0 N–H and O–H groups in total. The number of aromatic nitrogens is 1. The average molecular weight is 332 g/mol. The second kappa shape index (κ2) is 7.37. The highest BCUT2D eigenvalue weighted by atomic mass is 16.5. The molecule has 25 heavy (non-hydrogen) atoms. The molecular weight excluding hydrogens is 308 g/mol. The second-order valence-electron chi connectivity index (χ2n) is 7.07. The lowest BCUT2D eigenvalue weighted by Gasteiger charge is -2.22. The molecule has 1 fully saturated rings. The maximum absolute atomic E-state index is 10.0. The van der Waals surface area contributed by atoms with E-state index in [1.54, 1.807) is 0 Å². The first-order valence-corrected chi connectivity index (χ1v) is 9.51. The van der Waals surface area contributed by atoms with E-state index >= 15 is 0 Å². The first-order chi connectivity index (χ1) is 12.4. The van der Waals surface area contributed by atoms with Gasteiger partial charge in [0, 0.05) is 17.9 Å². The van der Waals surface area contributed by atoms with Crippen LogP contribution in [0.1, 0.15) is 67.1 Å². The molecule has 0 radical (unpaired) electrons. The third-order valence-corrected chi connectivity index (χ3v) is 5.41. The maximum Gasteiger partial charge on any atom is 0.102 e. The number of nitriles is 1. The topological polar surface area (TPSA) is 45.9 Å². The van der Waals surface area contributed by atoms with Gasteiger partial charge in [-0.05, 0) is 49.7 Å². The van der Waals surface area contributed by atoms with E-state index in [1.165, 1.54) is 36.9 Å². The molecule has 1 aromatic carbocycles. The van der Waals surface area contributed by atoms with Gasteiger partial charge in [0.15, 0.2) is 0 Å². The van der Waals surface area contributed by atoms with Crippen molar-refractivity contribution in [3.63, 3.8) is 0 Å². The van der Waals surface area contributed by atoms with Crippen LogP contribution >= 0.6 is 0 Å². The zero-order valence-corrected chi connectivity index (χ0v) is 14.6. The van der Waals surface area contributed by atoms with Gasteiger partial charge in [-0.15, -0.1) is 0 Å². The standard InChI is InChI=1S/C22H24N2O/c23-15-18-21(16-9-4-3-5-10-16)17-11-6-1-2-7-12-19(17)24-22(18)20-13-8-14-25-20/h3-5,9-10,20H,1-2,6-8,11-14H2. The van der Waals surface area contributed by atoms with E-state index in [-0.39, 0.29) is 6.10 Å². The van der Waals surface area contributed by atoms with Gasteiger partial charge in [-0.2, -0.15) is 5.26 Å². The second-order valence-corrected chi connectivity index (χ2v) is 7.07. The molecule has 0 amide bonds. The van der Waals surface area contributed by atoms with Crippen LogP contribution in [0.25, 0.3) is 11.1 Å². The molecule has 1 atom stereocenters. The minimum atomic E-state index is -0.0205. The summed E-state index contributed by atoms with van der Waals surface area (Å²) in [5.74, 6) is 0. The SMILES string of the molecule is N#Cc1c(C2CCCO2)nc2c(c1-c1ccccc1)CCCCCC2. The molecule has 2 aliphatic rings. The lowest BCUT2D eigenvalue weighted by atomic mass is 9.86. The molecule has 0 bridgehead atoms. The molecule has 2 aromatic rings. The zero-order valence-electron chi connectivity index (χ0n) is 14.6. The van der Waals surface area contributed by atoms with E-state index < -0.39 is 0 Å². The van der Waals surface area contributed by atoms with E-state index in [9.17, 15) is 5.26 Å². The van der Waals surface area contributed by atoms with Crippen LogP contribution in [0.15, 0.2) is 30.3 Å². The summed E-state index contributed by atoms with van der Waals surface area (Å²) < 4.78 is 5.91. The molecule has 1 aromatic heterocycles. The Morgan fingerprint density at radius 3 is 2.52 bits per heavy atom. The average Bonchev–Trinajstić information content (AvgIpc) is 3.16. The number of rotatable bonds is 2. The van der Waals surface area contributed by atoms with E-state index in [1.807, 2.05) is 6.07 Å². The molecule has 1 saturated heterocycles. The van der Waals surface area contributed by atoms with Crippen molar-refractivity contribution in [2.24, 2.45) is 0 Å². The first kappa shape index (κ1) is 16.3. The highest BCUT2D eigenvalue weighted by molar-refractivity contribution is 5.76. The fourth-order valence-corrected chi connectivity index (χ4v) is 4.18. The molecule has 0 saturated carbocycles. The number of nitrogens with zero attached hydrogens (tertiary/aromatic N) is 2. The Morgan fingerprint density at radius 1 is 1.00 bits per heavy atom. The molecule has 3 nitrogen and oxygen atoms in total. The number of fused-ring (bicyclic) bond motifs is 1. The van der Waals surface area contributed by atoms with Crippen molar-refractivity contribution in [1.82, 2.24) is 4.98 Å². The van der Waals surface area contributed by atoms with Crippen LogP contribution in [0.2, 0.25) is 0 Å². The van der Waals surface area contributed by atoms with Crippen molar-refractivity contribution >= 4 is 0 Å². The summed E-state index contributed by atoms with van der Waals surface area (Å²) in [5.41, 5.74) is 6.35. The van der Waals surface area contributed by atoms with E-state index in [4.69, 9.17) is 9.72 Å². The third kappa shape index (κ3) is 3.19. The summed E-state index contributed by atoms with van der Waals surface area (Å²) in [4.78, 5) is 5.01. The number of benzene rings is 1. The Bertz CT molecular complexity index is 786. The summed E-state index contributed by atoms with van der Waals surface area (Å²) in [6, 6.07) is 12.9. The molecule has 128 valence electrons. The number of ether oxygens (including phenoxy) is 1. The van der Waals surface area contributed by atoms with E-state index in [0.29, 0.717) is 0 Å². The van der Waals surface area contributed by atoms with Crippen LogP contribution < -0.4 is 0 Å². The van der Waals surface area contributed by atoms with Gasteiger partial charge in [-0.25, -0.2) is 0 Å². The Kier molecular flexibility index (Phi) is 4.81. The maximum atomic E-state index is 10.0. The number of pyridine rings is 1. The van der Waals surface area contributed by atoms with Crippen molar-refractivity contribution in [3.05, 3.63) is 52.8 Å². The highest BCUT2D eigenvalue weighted by Gasteiger charge is 2.28. The van der Waals surface area contributed by atoms with Gasteiger partial charge in [0.2, 0.25) is 0 Å². The Morgan fingerprint density at radius 2 is 1.80 bits per heavy atom. The fraction of sp³-hybridized carbons (Fsp3) is 0.455. The molecule has 2 heterocycles. The van der Waals surface area contributed by atoms with Crippen molar-refractivity contribution in [2.45, 2.75) is 57.5 Å². The van der Waals surface area contributed by atoms with E-state index in [2.05, 4.69) is 30.3 Å². The van der Waals surface area contributed by atoms with Crippen molar-refractivity contribution < 1.29 is 4.74 Å². The van der Waals surface area contributed by atoms with Crippen LogP contribution in [0.5, 0.6) is 0 Å². The molecule has 0 spiro atoms. The minimum Gasteiger partial charge on any atom is -0.372 e. The lowest BCUT2D eigenvalue weighted by Crippen LogP contribution is -2.13. The van der Waals surface area contributed by atoms with Gasteiger partial charge in [0.25, 0.3) is 0 Å². The van der Waals surface area contributed by atoms with Gasteiger partial charge in [-0.3, -0.25) is 4.98 Å². The van der Waals surface area contributed by atoms with Crippen LogP contribution in [-0.4, -0.2) is 11.6 Å². The molecule has 3 heteroatoms. The zero-order chi connectivity index (χ0) is 17.1. The summed E-state index contributed by atoms with van der Waals surface area (Å²) in [6.07, 6.45) is 8.94. The van der Waals surface area contributed by atoms with Crippen LogP contribution in [-0.2, 0) is 17.6 Å². The Balaban J connectivity index is 1.95. The normalized spacial score (nSPS) is 20.4. The molecule has 1 unspecified atom stereocenters. The largest absolute Gasteiger partial charge is 0.372 e. The summed E-state index contributed by atoms with van der Waals surface area (Å²) in [7, 11) is 0. The summed E-state index contributed by atoms with van der Waals surface area (Å²) in [6.45, 7) is 0.773. The summed E-state index contributed by atoms with van der Waals surface area (Å²) >= 11 is 0. The molecule has 1 aliphatic carbocycles. The predicted octanol–water partition coefficient (Wildman–Crippen LogP) is 5.13. The Labute approximate surface area is 149 Å². The number of hydrogen-bond donors (Lipinski definition) is 0. The highest BCUT2D eigenvalue weighted by Crippen LogP contribution is 2.38.